The summed E-state index contributed by atoms with van der Waals surface area (Å²) < 4.78 is 0. The molecule has 0 aliphatic rings. The van der Waals surface area contributed by atoms with E-state index in [1.54, 1.807) is 6.07 Å². The van der Waals surface area contributed by atoms with Gasteiger partial charge in [-0.05, 0) is 30.4 Å². The molecule has 1 unspecified atom stereocenters. The van der Waals surface area contributed by atoms with E-state index in [0.717, 1.165) is 11.3 Å². The van der Waals surface area contributed by atoms with E-state index < -0.39 is 0 Å². The van der Waals surface area contributed by atoms with Gasteiger partial charge in [-0.3, -0.25) is 9.89 Å². The lowest BCUT2D eigenvalue weighted by Crippen LogP contribution is -2.29. The van der Waals surface area contributed by atoms with Crippen LogP contribution in [-0.4, -0.2) is 27.8 Å². The molecule has 3 N–H and O–H groups in total. The molecule has 1 amide bonds. The first-order chi connectivity index (χ1) is 10.6. The minimum atomic E-state index is -0.199. The quantitative estimate of drug-likeness (QED) is 0.736. The number of carbonyl (C=O) groups excluding carboxylic acids is 1. The lowest BCUT2D eigenvalue weighted by atomic mass is 10.0. The van der Waals surface area contributed by atoms with Crippen LogP contribution in [0.1, 0.15) is 60.4 Å². The molecule has 1 atom stereocenters. The molecule has 1 aromatic carbocycles. The van der Waals surface area contributed by atoms with Crippen LogP contribution in [0.5, 0.6) is 0 Å². The van der Waals surface area contributed by atoms with Gasteiger partial charge in [0.1, 0.15) is 5.69 Å². The summed E-state index contributed by atoms with van der Waals surface area (Å²) in [6.07, 6.45) is 1.32. The molecule has 22 heavy (non-hydrogen) atoms. The van der Waals surface area contributed by atoms with Crippen LogP contribution in [0.2, 0.25) is 0 Å². The van der Waals surface area contributed by atoms with Crippen molar-refractivity contribution in [3.63, 3.8) is 0 Å². The number of benzene rings is 1. The number of hydrogen-bond donors (Lipinski definition) is 3. The Labute approximate surface area is 130 Å². The summed E-state index contributed by atoms with van der Waals surface area (Å²) in [6, 6.07) is 11.4. The van der Waals surface area contributed by atoms with Gasteiger partial charge < -0.3 is 10.4 Å². The number of H-pyrrole nitrogens is 1. The average Bonchev–Trinajstić information content (AvgIpc) is 3.02. The molecule has 118 valence electrons. The third kappa shape index (κ3) is 4.18. The Bertz CT molecular complexity index is 593. The number of aliphatic hydroxyl groups is 1. The highest BCUT2D eigenvalue weighted by Gasteiger charge is 2.18. The summed E-state index contributed by atoms with van der Waals surface area (Å²) in [6.45, 7) is 4.20. The maximum Gasteiger partial charge on any atom is 0.272 e. The predicted octanol–water partition coefficient (Wildman–Crippen LogP) is 2.78. The van der Waals surface area contributed by atoms with E-state index in [0.29, 0.717) is 24.5 Å². The van der Waals surface area contributed by atoms with Gasteiger partial charge in [-0.2, -0.15) is 5.10 Å². The molecule has 0 spiro atoms. The fourth-order valence-corrected chi connectivity index (χ4v) is 2.28. The third-order valence-electron chi connectivity index (χ3n) is 3.61. The zero-order chi connectivity index (χ0) is 15.9. The fraction of sp³-hybridized carbons (Fsp3) is 0.412. The van der Waals surface area contributed by atoms with Gasteiger partial charge in [0.25, 0.3) is 5.91 Å². The largest absolute Gasteiger partial charge is 0.396 e. The predicted molar refractivity (Wildman–Crippen MR) is 85.6 cm³/mol. The van der Waals surface area contributed by atoms with E-state index in [-0.39, 0.29) is 18.6 Å². The van der Waals surface area contributed by atoms with Crippen molar-refractivity contribution in [2.45, 2.75) is 38.6 Å². The molecule has 1 heterocycles. The van der Waals surface area contributed by atoms with E-state index in [1.807, 2.05) is 44.2 Å². The SMILES string of the molecule is CC(C)c1cc(C(=O)NC(CCCO)c2ccccc2)n[nH]1. The Kier molecular flexibility index (Phi) is 5.72. The minimum Gasteiger partial charge on any atom is -0.396 e. The van der Waals surface area contributed by atoms with E-state index in [4.69, 9.17) is 5.11 Å². The summed E-state index contributed by atoms with van der Waals surface area (Å²) >= 11 is 0. The van der Waals surface area contributed by atoms with Crippen LogP contribution in [0.4, 0.5) is 0 Å². The Morgan fingerprint density at radius 3 is 2.64 bits per heavy atom. The van der Waals surface area contributed by atoms with Gasteiger partial charge in [-0.15, -0.1) is 0 Å². The molecule has 0 fully saturated rings. The fourth-order valence-electron chi connectivity index (χ4n) is 2.28. The third-order valence-corrected chi connectivity index (χ3v) is 3.61. The van der Waals surface area contributed by atoms with Crippen LogP contribution in [0.25, 0.3) is 0 Å². The van der Waals surface area contributed by atoms with E-state index in [9.17, 15) is 4.79 Å². The molecule has 0 radical (unpaired) electrons. The summed E-state index contributed by atoms with van der Waals surface area (Å²) in [5.41, 5.74) is 2.37. The first kappa shape index (κ1) is 16.2. The van der Waals surface area contributed by atoms with Gasteiger partial charge in [-0.1, -0.05) is 44.2 Å². The molecule has 5 nitrogen and oxygen atoms in total. The highest BCUT2D eigenvalue weighted by Crippen LogP contribution is 2.19. The van der Waals surface area contributed by atoms with Crippen LogP contribution in [-0.2, 0) is 0 Å². The van der Waals surface area contributed by atoms with E-state index in [1.165, 1.54) is 0 Å². The lowest BCUT2D eigenvalue weighted by molar-refractivity contribution is 0.0927. The Morgan fingerprint density at radius 2 is 2.05 bits per heavy atom. The topological polar surface area (TPSA) is 78.0 Å². The van der Waals surface area contributed by atoms with Crippen LogP contribution >= 0.6 is 0 Å². The number of aliphatic hydroxyl groups excluding tert-OH is 1. The molecule has 0 aliphatic heterocycles. The minimum absolute atomic E-state index is 0.110. The number of amides is 1. The van der Waals surface area contributed by atoms with Gasteiger partial charge in [0.2, 0.25) is 0 Å². The average molecular weight is 301 g/mol. The van der Waals surface area contributed by atoms with Crippen molar-refractivity contribution in [2.75, 3.05) is 6.61 Å². The smallest absolute Gasteiger partial charge is 0.272 e. The molecule has 2 aromatic rings. The number of nitrogens with one attached hydrogen (secondary N) is 2. The highest BCUT2D eigenvalue weighted by atomic mass is 16.3. The zero-order valence-electron chi connectivity index (χ0n) is 13.0. The molecule has 0 aliphatic carbocycles. The van der Waals surface area contributed by atoms with Crippen LogP contribution < -0.4 is 5.32 Å². The highest BCUT2D eigenvalue weighted by molar-refractivity contribution is 5.92. The number of hydrogen-bond acceptors (Lipinski definition) is 3. The zero-order valence-corrected chi connectivity index (χ0v) is 13.0. The van der Waals surface area contributed by atoms with Crippen molar-refractivity contribution in [3.05, 3.63) is 53.3 Å². The normalized spacial score (nSPS) is 12.4. The Hall–Kier alpha value is -2.14. The summed E-state index contributed by atoms with van der Waals surface area (Å²) in [5.74, 6) is 0.100. The van der Waals surface area contributed by atoms with Crippen LogP contribution in [0.15, 0.2) is 36.4 Å². The van der Waals surface area contributed by atoms with E-state index >= 15 is 0 Å². The first-order valence-corrected chi connectivity index (χ1v) is 7.63. The molecule has 0 bridgehead atoms. The van der Waals surface area contributed by atoms with Crippen molar-refractivity contribution < 1.29 is 9.90 Å². The summed E-state index contributed by atoms with van der Waals surface area (Å²) in [4.78, 5) is 12.4. The molecule has 5 heteroatoms. The van der Waals surface area contributed by atoms with Crippen molar-refractivity contribution in [1.82, 2.24) is 15.5 Å². The maximum atomic E-state index is 12.4. The van der Waals surface area contributed by atoms with Gasteiger partial charge in [0.05, 0.1) is 6.04 Å². The molecule has 0 saturated heterocycles. The van der Waals surface area contributed by atoms with Gasteiger partial charge >= 0.3 is 0 Å². The van der Waals surface area contributed by atoms with Gasteiger partial charge in [0.15, 0.2) is 0 Å². The Morgan fingerprint density at radius 1 is 1.32 bits per heavy atom. The number of aromatic nitrogens is 2. The molecule has 1 aromatic heterocycles. The van der Waals surface area contributed by atoms with E-state index in [2.05, 4.69) is 15.5 Å². The Balaban J connectivity index is 2.10. The number of rotatable bonds is 7. The number of carbonyl (C=O) groups is 1. The molecule has 2 rings (SSSR count). The van der Waals surface area contributed by atoms with Crippen molar-refractivity contribution in [2.24, 2.45) is 0 Å². The van der Waals surface area contributed by atoms with Crippen molar-refractivity contribution in [3.8, 4) is 0 Å². The maximum absolute atomic E-state index is 12.4. The summed E-state index contributed by atoms with van der Waals surface area (Å²) in [5, 5.41) is 19.0. The lowest BCUT2D eigenvalue weighted by Gasteiger charge is -2.18. The van der Waals surface area contributed by atoms with Crippen molar-refractivity contribution in [1.29, 1.82) is 0 Å². The second kappa shape index (κ2) is 7.75. The standard InChI is InChI=1S/C17H23N3O2/c1-12(2)15-11-16(20-19-15)17(22)18-14(9-6-10-21)13-7-4-3-5-8-13/h3-5,7-8,11-12,14,21H,6,9-10H2,1-2H3,(H,18,22)(H,19,20). The van der Waals surface area contributed by atoms with Crippen LogP contribution in [0, 0.1) is 0 Å². The second-order valence-corrected chi connectivity index (χ2v) is 5.67. The molecule has 0 saturated carbocycles. The number of nitrogens with zero attached hydrogens (tertiary/aromatic N) is 1. The van der Waals surface area contributed by atoms with Crippen molar-refractivity contribution >= 4 is 5.91 Å². The second-order valence-electron chi connectivity index (χ2n) is 5.67. The molecular formula is C17H23N3O2. The van der Waals surface area contributed by atoms with Crippen LogP contribution in [0.3, 0.4) is 0 Å². The monoisotopic (exact) mass is 301 g/mol. The van der Waals surface area contributed by atoms with Gasteiger partial charge in [0, 0.05) is 12.3 Å². The summed E-state index contributed by atoms with van der Waals surface area (Å²) in [7, 11) is 0. The number of aromatic amines is 1. The molecular weight excluding hydrogens is 278 g/mol. The first-order valence-electron chi connectivity index (χ1n) is 7.63. The van der Waals surface area contributed by atoms with Gasteiger partial charge in [-0.25, -0.2) is 0 Å².